The van der Waals surface area contributed by atoms with Crippen molar-refractivity contribution in [3.05, 3.63) is 24.7 Å². The minimum atomic E-state index is -3.66. The van der Waals surface area contributed by atoms with E-state index in [4.69, 9.17) is 0 Å². The van der Waals surface area contributed by atoms with Crippen molar-refractivity contribution in [1.29, 1.82) is 0 Å². The molecule has 11 heteroatoms. The third-order valence-electron chi connectivity index (χ3n) is 4.46. The topological polar surface area (TPSA) is 137 Å². The minimum absolute atomic E-state index is 0.0999. The summed E-state index contributed by atoms with van der Waals surface area (Å²) in [4.78, 5) is 19.6. The molecule has 0 saturated carbocycles. The van der Waals surface area contributed by atoms with Crippen LogP contribution in [-0.2, 0) is 10.0 Å². The molecule has 1 aliphatic rings. The third-order valence-corrected chi connectivity index (χ3v) is 5.65. The molecule has 4 heterocycles. The van der Waals surface area contributed by atoms with Crippen LogP contribution < -0.4 is 9.62 Å². The number of aromatic hydroxyl groups is 1. The van der Waals surface area contributed by atoms with Crippen molar-refractivity contribution >= 4 is 27.0 Å². The standard InChI is InChI=1S/C16H19N7O3S/c1-27(25,26)23(10-3-2-5-17-7-10)15-11(8-20-16(24)22-15)13-9-19-14-12(21-13)4-6-18-14/h4,6,8-10,17H,2-3,5,7H2,1H3,(H,18,19)(H,20,22,24)/t10-/m0/s1. The average Bonchev–Trinajstić information content (AvgIpc) is 3.09. The Bertz CT molecular complexity index is 1080. The number of hydrogen-bond donors (Lipinski definition) is 3. The molecule has 3 N–H and O–H groups in total. The number of sulfonamides is 1. The predicted molar refractivity (Wildman–Crippen MR) is 99.8 cm³/mol. The van der Waals surface area contributed by atoms with Crippen LogP contribution >= 0.6 is 0 Å². The van der Waals surface area contributed by atoms with Crippen LogP contribution in [0.1, 0.15) is 12.8 Å². The maximum Gasteiger partial charge on any atom is 0.315 e. The lowest BCUT2D eigenvalue weighted by molar-refractivity contribution is 0.426. The first kappa shape index (κ1) is 17.6. The summed E-state index contributed by atoms with van der Waals surface area (Å²) in [5.41, 5.74) is 2.07. The first-order chi connectivity index (χ1) is 12.9. The highest BCUT2D eigenvalue weighted by atomic mass is 32.2. The van der Waals surface area contributed by atoms with Gasteiger partial charge in [-0.2, -0.15) is 4.98 Å². The van der Waals surface area contributed by atoms with E-state index in [2.05, 4.69) is 30.2 Å². The summed E-state index contributed by atoms with van der Waals surface area (Å²) in [7, 11) is -3.66. The summed E-state index contributed by atoms with van der Waals surface area (Å²) < 4.78 is 26.5. The number of H-pyrrole nitrogens is 1. The molecule has 0 spiro atoms. The number of fused-ring (bicyclic) bond motifs is 1. The molecular formula is C16H19N7O3S. The zero-order valence-corrected chi connectivity index (χ0v) is 15.4. The van der Waals surface area contributed by atoms with Gasteiger partial charge in [0.2, 0.25) is 10.0 Å². The maximum atomic E-state index is 12.6. The first-order valence-corrected chi connectivity index (χ1v) is 10.3. The quantitative estimate of drug-likeness (QED) is 0.591. The monoisotopic (exact) mass is 389 g/mol. The fourth-order valence-electron chi connectivity index (χ4n) is 3.31. The van der Waals surface area contributed by atoms with Crippen LogP contribution in [0.5, 0.6) is 6.01 Å². The second kappa shape index (κ2) is 6.74. The van der Waals surface area contributed by atoms with Gasteiger partial charge in [-0.1, -0.05) is 0 Å². The van der Waals surface area contributed by atoms with Crippen molar-refractivity contribution in [2.75, 3.05) is 23.7 Å². The molecule has 27 heavy (non-hydrogen) atoms. The average molecular weight is 389 g/mol. The van der Waals surface area contributed by atoms with Gasteiger partial charge in [0.1, 0.15) is 5.52 Å². The summed E-state index contributed by atoms with van der Waals surface area (Å²) in [6, 6.07) is 0.958. The number of aromatic nitrogens is 5. The molecule has 0 bridgehead atoms. The summed E-state index contributed by atoms with van der Waals surface area (Å²) >= 11 is 0. The lowest BCUT2D eigenvalue weighted by Crippen LogP contribution is -2.49. The molecule has 1 saturated heterocycles. The number of rotatable bonds is 4. The molecule has 1 aliphatic heterocycles. The molecule has 4 rings (SSSR count). The van der Waals surface area contributed by atoms with Crippen LogP contribution in [0.4, 0.5) is 5.82 Å². The summed E-state index contributed by atoms with van der Waals surface area (Å²) in [6.07, 6.45) is 7.28. The predicted octanol–water partition coefficient (Wildman–Crippen LogP) is 0.638. The molecule has 0 radical (unpaired) electrons. The van der Waals surface area contributed by atoms with E-state index in [1.165, 1.54) is 16.7 Å². The summed E-state index contributed by atoms with van der Waals surface area (Å²) in [6.45, 7) is 1.34. The van der Waals surface area contributed by atoms with Crippen molar-refractivity contribution in [3.8, 4) is 17.3 Å². The normalized spacial score (nSPS) is 17.9. The Kier molecular flexibility index (Phi) is 4.40. The molecule has 0 aliphatic carbocycles. The number of piperidine rings is 1. The van der Waals surface area contributed by atoms with Crippen LogP contribution in [0.25, 0.3) is 22.4 Å². The van der Waals surface area contributed by atoms with Crippen LogP contribution in [0.2, 0.25) is 0 Å². The Morgan fingerprint density at radius 1 is 1.26 bits per heavy atom. The van der Waals surface area contributed by atoms with Gasteiger partial charge in [-0.3, -0.25) is 0 Å². The lowest BCUT2D eigenvalue weighted by Gasteiger charge is -2.34. The number of hydrogen-bond acceptors (Lipinski definition) is 8. The highest BCUT2D eigenvalue weighted by Gasteiger charge is 2.32. The van der Waals surface area contributed by atoms with Gasteiger partial charge in [-0.05, 0) is 25.5 Å². The SMILES string of the molecule is CS(=O)(=O)N(c1nc(O)ncc1-c1cnc2[nH]ccc2n1)[C@H]1CCCNC1. The maximum absolute atomic E-state index is 12.6. The van der Waals surface area contributed by atoms with E-state index in [0.717, 1.165) is 19.2 Å². The summed E-state index contributed by atoms with van der Waals surface area (Å²) in [5, 5.41) is 13.0. The molecule has 1 fully saturated rings. The number of aromatic amines is 1. The van der Waals surface area contributed by atoms with Crippen molar-refractivity contribution in [3.63, 3.8) is 0 Å². The number of nitrogens with one attached hydrogen (secondary N) is 2. The zero-order valence-electron chi connectivity index (χ0n) is 14.6. The highest BCUT2D eigenvalue weighted by molar-refractivity contribution is 7.92. The van der Waals surface area contributed by atoms with Gasteiger partial charge in [0.05, 0.1) is 29.8 Å². The molecule has 1 atom stereocenters. The van der Waals surface area contributed by atoms with E-state index >= 15 is 0 Å². The Morgan fingerprint density at radius 3 is 2.85 bits per heavy atom. The fraction of sp³-hybridized carbons (Fsp3) is 0.375. The van der Waals surface area contributed by atoms with Gasteiger partial charge in [-0.25, -0.2) is 27.7 Å². The van der Waals surface area contributed by atoms with E-state index < -0.39 is 16.0 Å². The van der Waals surface area contributed by atoms with Gasteiger partial charge in [0, 0.05) is 18.9 Å². The van der Waals surface area contributed by atoms with Gasteiger partial charge in [0.25, 0.3) is 0 Å². The second-order valence-electron chi connectivity index (χ2n) is 6.43. The number of nitrogens with zero attached hydrogens (tertiary/aromatic N) is 5. The molecule has 3 aromatic rings. The Hall–Kier alpha value is -2.79. The van der Waals surface area contributed by atoms with E-state index in [0.29, 0.717) is 35.4 Å². The smallest absolute Gasteiger partial charge is 0.315 e. The van der Waals surface area contributed by atoms with E-state index in [1.807, 2.05) is 0 Å². The van der Waals surface area contributed by atoms with E-state index in [-0.39, 0.29) is 11.9 Å². The second-order valence-corrected chi connectivity index (χ2v) is 8.29. The summed E-state index contributed by atoms with van der Waals surface area (Å²) in [5.74, 6) is 0.0999. The van der Waals surface area contributed by atoms with Gasteiger partial charge in [0.15, 0.2) is 11.5 Å². The van der Waals surface area contributed by atoms with Crippen LogP contribution in [-0.4, -0.2) is 63.8 Å². The molecule has 0 unspecified atom stereocenters. The molecular weight excluding hydrogens is 370 g/mol. The van der Waals surface area contributed by atoms with Gasteiger partial charge in [-0.15, -0.1) is 0 Å². The van der Waals surface area contributed by atoms with Crippen molar-refractivity contribution in [2.24, 2.45) is 0 Å². The van der Waals surface area contributed by atoms with E-state index in [9.17, 15) is 13.5 Å². The Balaban J connectivity index is 1.88. The Morgan fingerprint density at radius 2 is 2.11 bits per heavy atom. The van der Waals surface area contributed by atoms with Crippen molar-refractivity contribution in [2.45, 2.75) is 18.9 Å². The minimum Gasteiger partial charge on any atom is -0.479 e. The zero-order chi connectivity index (χ0) is 19.0. The van der Waals surface area contributed by atoms with E-state index in [1.54, 1.807) is 12.3 Å². The first-order valence-electron chi connectivity index (χ1n) is 8.50. The lowest BCUT2D eigenvalue weighted by atomic mass is 10.1. The van der Waals surface area contributed by atoms with Crippen LogP contribution in [0.3, 0.4) is 0 Å². The molecule has 0 amide bonds. The van der Waals surface area contributed by atoms with Crippen LogP contribution in [0, 0.1) is 0 Å². The third kappa shape index (κ3) is 3.43. The van der Waals surface area contributed by atoms with Crippen molar-refractivity contribution < 1.29 is 13.5 Å². The van der Waals surface area contributed by atoms with Gasteiger partial charge >= 0.3 is 6.01 Å². The fourth-order valence-corrected chi connectivity index (χ4v) is 4.48. The highest BCUT2D eigenvalue weighted by Crippen LogP contribution is 2.33. The molecule has 142 valence electrons. The van der Waals surface area contributed by atoms with Crippen LogP contribution in [0.15, 0.2) is 24.7 Å². The van der Waals surface area contributed by atoms with Crippen molar-refractivity contribution in [1.82, 2.24) is 30.2 Å². The van der Waals surface area contributed by atoms with Gasteiger partial charge < -0.3 is 15.4 Å². The molecule has 10 nitrogen and oxygen atoms in total. The largest absolute Gasteiger partial charge is 0.479 e. The molecule has 3 aromatic heterocycles. The number of anilines is 1. The molecule has 0 aromatic carbocycles. The Labute approximate surface area is 155 Å².